The smallest absolute Gasteiger partial charge is 0.427 e. The van der Waals surface area contributed by atoms with Crippen LogP contribution in [0.3, 0.4) is 0 Å². The fourth-order valence-corrected chi connectivity index (χ4v) is 4.83. The summed E-state index contributed by atoms with van der Waals surface area (Å²) in [5.74, 6) is 0.175. The topological polar surface area (TPSA) is 101 Å². The molecule has 1 aromatic heterocycles. The fraction of sp³-hybridized carbons (Fsp3) is 0.294. The van der Waals surface area contributed by atoms with Crippen LogP contribution in [0.25, 0.3) is 0 Å². The summed E-state index contributed by atoms with van der Waals surface area (Å²) in [7, 11) is 3.10. The second-order valence-corrected chi connectivity index (χ2v) is 7.97. The number of aromatic nitrogens is 1. The Bertz CT molecular complexity index is 775. The molecule has 1 aliphatic rings. The molecule has 0 amide bonds. The van der Waals surface area contributed by atoms with Crippen molar-refractivity contribution in [2.24, 2.45) is 0 Å². The van der Waals surface area contributed by atoms with Crippen molar-refractivity contribution in [1.82, 2.24) is 4.98 Å². The Morgan fingerprint density at radius 2 is 2.07 bits per heavy atom. The standard InChI is InChI=1S/C17H16N2O6S2/c20-17(24-13-6-4-12(5-7-13)19(21)22)25-14-11-23-10-8-15(14)26-27-16-3-1-2-9-18-16/h1-7,9,14-15H,8,10-11H2/t14-,15-/m0/s1. The van der Waals surface area contributed by atoms with Crippen LogP contribution in [0.4, 0.5) is 10.5 Å². The minimum atomic E-state index is -0.868. The van der Waals surface area contributed by atoms with Gasteiger partial charge in [-0.15, -0.1) is 0 Å². The number of nitro benzene ring substituents is 1. The van der Waals surface area contributed by atoms with Gasteiger partial charge in [0, 0.05) is 24.9 Å². The Kier molecular flexibility index (Phi) is 6.91. The first-order valence-electron chi connectivity index (χ1n) is 8.07. The van der Waals surface area contributed by atoms with E-state index in [0.29, 0.717) is 6.61 Å². The molecule has 0 bridgehead atoms. The summed E-state index contributed by atoms with van der Waals surface area (Å²) >= 11 is 0. The number of ether oxygens (including phenoxy) is 3. The van der Waals surface area contributed by atoms with Gasteiger partial charge in [0.2, 0.25) is 0 Å². The quantitative estimate of drug-likeness (QED) is 0.230. The molecule has 0 spiro atoms. The summed E-state index contributed by atoms with van der Waals surface area (Å²) in [4.78, 5) is 26.4. The monoisotopic (exact) mass is 408 g/mol. The van der Waals surface area contributed by atoms with Gasteiger partial charge in [-0.25, -0.2) is 9.78 Å². The van der Waals surface area contributed by atoms with Gasteiger partial charge in [0.15, 0.2) is 0 Å². The molecule has 8 nitrogen and oxygen atoms in total. The number of carbonyl (C=O) groups is 1. The molecule has 27 heavy (non-hydrogen) atoms. The van der Waals surface area contributed by atoms with E-state index in [2.05, 4.69) is 4.98 Å². The highest BCUT2D eigenvalue weighted by molar-refractivity contribution is 8.76. The first kappa shape index (κ1) is 19.5. The van der Waals surface area contributed by atoms with E-state index in [1.54, 1.807) is 17.0 Å². The molecule has 1 fully saturated rings. The van der Waals surface area contributed by atoms with Crippen molar-refractivity contribution < 1.29 is 23.9 Å². The Morgan fingerprint density at radius 1 is 1.26 bits per heavy atom. The summed E-state index contributed by atoms with van der Waals surface area (Å²) in [5, 5.41) is 11.6. The molecule has 0 saturated carbocycles. The summed E-state index contributed by atoms with van der Waals surface area (Å²) < 4.78 is 15.9. The van der Waals surface area contributed by atoms with Crippen LogP contribution in [0.5, 0.6) is 5.75 Å². The third kappa shape index (κ3) is 5.84. The lowest BCUT2D eigenvalue weighted by Gasteiger charge is -2.29. The maximum atomic E-state index is 12.1. The zero-order valence-electron chi connectivity index (χ0n) is 14.1. The van der Waals surface area contributed by atoms with Crippen LogP contribution in [0.15, 0.2) is 53.7 Å². The molecule has 2 heterocycles. The minimum absolute atomic E-state index is 0.0372. The third-order valence-corrected chi connectivity index (χ3v) is 6.47. The molecule has 1 aromatic carbocycles. The van der Waals surface area contributed by atoms with E-state index in [0.717, 1.165) is 11.4 Å². The van der Waals surface area contributed by atoms with E-state index < -0.39 is 17.2 Å². The van der Waals surface area contributed by atoms with Crippen molar-refractivity contribution in [3.63, 3.8) is 0 Å². The minimum Gasteiger partial charge on any atom is -0.427 e. The van der Waals surface area contributed by atoms with Gasteiger partial charge in [-0.1, -0.05) is 16.9 Å². The lowest BCUT2D eigenvalue weighted by atomic mass is 10.1. The Morgan fingerprint density at radius 3 is 2.78 bits per heavy atom. The van der Waals surface area contributed by atoms with E-state index in [1.165, 1.54) is 35.1 Å². The number of rotatable bonds is 6. The fourth-order valence-electron chi connectivity index (χ4n) is 2.30. The van der Waals surface area contributed by atoms with Crippen LogP contribution in [0.1, 0.15) is 6.42 Å². The van der Waals surface area contributed by atoms with Crippen LogP contribution in [-0.4, -0.2) is 40.6 Å². The van der Waals surface area contributed by atoms with Crippen LogP contribution < -0.4 is 4.74 Å². The highest BCUT2D eigenvalue weighted by atomic mass is 33.1. The molecule has 142 valence electrons. The predicted octanol–water partition coefficient (Wildman–Crippen LogP) is 4.10. The predicted molar refractivity (Wildman–Crippen MR) is 101 cm³/mol. The van der Waals surface area contributed by atoms with Crippen molar-refractivity contribution in [2.45, 2.75) is 22.8 Å². The molecule has 0 unspecified atom stereocenters. The average molecular weight is 408 g/mol. The van der Waals surface area contributed by atoms with Crippen LogP contribution in [-0.2, 0) is 9.47 Å². The SMILES string of the molecule is O=C(Oc1ccc([N+](=O)[O-])cc1)O[C@H]1COCC[C@@H]1SSc1ccccn1. The first-order chi connectivity index (χ1) is 13.1. The van der Waals surface area contributed by atoms with Crippen LogP contribution in [0, 0.1) is 10.1 Å². The van der Waals surface area contributed by atoms with E-state index in [1.807, 2.05) is 18.2 Å². The second-order valence-electron chi connectivity index (χ2n) is 5.51. The number of pyridine rings is 1. The number of hydrogen-bond acceptors (Lipinski definition) is 9. The number of non-ortho nitro benzene ring substituents is 1. The molecule has 0 N–H and O–H groups in total. The van der Waals surface area contributed by atoms with Crippen molar-refractivity contribution in [3.8, 4) is 5.75 Å². The second kappa shape index (κ2) is 9.58. The molecular formula is C17H16N2O6S2. The first-order valence-corrected chi connectivity index (χ1v) is 10.3. The van der Waals surface area contributed by atoms with Gasteiger partial charge in [-0.2, -0.15) is 0 Å². The largest absolute Gasteiger partial charge is 0.514 e. The Hall–Kier alpha value is -2.30. The molecule has 3 rings (SSSR count). The van der Waals surface area contributed by atoms with E-state index in [9.17, 15) is 14.9 Å². The molecule has 0 radical (unpaired) electrons. The number of hydrogen-bond donors (Lipinski definition) is 0. The lowest BCUT2D eigenvalue weighted by Crippen LogP contribution is -2.38. The molecule has 1 aliphatic heterocycles. The van der Waals surface area contributed by atoms with Gasteiger partial charge >= 0.3 is 6.16 Å². The molecule has 0 aliphatic carbocycles. The number of benzene rings is 1. The zero-order chi connectivity index (χ0) is 19.1. The van der Waals surface area contributed by atoms with Gasteiger partial charge in [0.1, 0.15) is 16.9 Å². The number of nitro groups is 1. The van der Waals surface area contributed by atoms with E-state index >= 15 is 0 Å². The molecule has 2 atom stereocenters. The number of nitrogens with zero attached hydrogens (tertiary/aromatic N) is 2. The van der Waals surface area contributed by atoms with Gasteiger partial charge < -0.3 is 14.2 Å². The molecular weight excluding hydrogens is 392 g/mol. The van der Waals surface area contributed by atoms with Crippen molar-refractivity contribution in [1.29, 1.82) is 0 Å². The maximum Gasteiger partial charge on any atom is 0.514 e. The third-order valence-electron chi connectivity index (χ3n) is 3.63. The van der Waals surface area contributed by atoms with Gasteiger partial charge in [0.25, 0.3) is 5.69 Å². The lowest BCUT2D eigenvalue weighted by molar-refractivity contribution is -0.384. The molecule has 1 saturated heterocycles. The normalized spacial score (nSPS) is 19.3. The summed E-state index contributed by atoms with van der Waals surface area (Å²) in [6.07, 6.45) is 1.14. The van der Waals surface area contributed by atoms with Crippen molar-refractivity contribution in [2.75, 3.05) is 13.2 Å². The zero-order valence-corrected chi connectivity index (χ0v) is 15.7. The Labute approximate surface area is 163 Å². The summed E-state index contributed by atoms with van der Waals surface area (Å²) in [5.41, 5.74) is -0.0839. The molecule has 2 aromatic rings. The van der Waals surface area contributed by atoms with Crippen LogP contribution >= 0.6 is 21.6 Å². The summed E-state index contributed by atoms with van der Waals surface area (Å²) in [6.45, 7) is 0.882. The molecule has 10 heteroatoms. The van der Waals surface area contributed by atoms with Gasteiger partial charge in [-0.3, -0.25) is 10.1 Å². The van der Waals surface area contributed by atoms with Crippen molar-refractivity contribution in [3.05, 3.63) is 58.8 Å². The summed E-state index contributed by atoms with van der Waals surface area (Å²) in [6, 6.07) is 10.9. The van der Waals surface area contributed by atoms with E-state index in [4.69, 9.17) is 14.2 Å². The average Bonchev–Trinajstić information content (AvgIpc) is 2.68. The Balaban J connectivity index is 1.53. The van der Waals surface area contributed by atoms with Crippen molar-refractivity contribution >= 4 is 33.4 Å². The highest BCUT2D eigenvalue weighted by Crippen LogP contribution is 2.38. The van der Waals surface area contributed by atoms with Gasteiger partial charge in [0.05, 0.1) is 16.8 Å². The maximum absolute atomic E-state index is 12.1. The van der Waals surface area contributed by atoms with Gasteiger partial charge in [-0.05, 0) is 41.5 Å². The van der Waals surface area contributed by atoms with Crippen LogP contribution in [0.2, 0.25) is 0 Å². The highest BCUT2D eigenvalue weighted by Gasteiger charge is 2.31. The van der Waals surface area contributed by atoms with E-state index in [-0.39, 0.29) is 23.3 Å². The number of carbonyl (C=O) groups excluding carboxylic acids is 1.